The third-order valence-corrected chi connectivity index (χ3v) is 12.8. The standard InChI is InChI=1S/C40H51N4O9P/c1-7-26-23-40(26,54(48,49)51-8-2)43-36(45)33-21-29(24-44(33)37(46)35(39(3,4)5)42-38(47)53-27-16-12-13-17-27)52-34-22-31(25-14-10-9-11-15-25)41-32-20-28(50-6)18-19-30(32)34/h7,9-11,14-15,18-20,22,26-27,29,33,35H,1,8,12-13,16-17,21,23-24H2,2-6H3,(H,42,47)(H,43,45)(H,48,49)/t26-,29-,33?,35-,40+/m1/s1. The second-order valence-corrected chi connectivity index (χ2v) is 17.5. The van der Waals surface area contributed by atoms with E-state index in [2.05, 4.69) is 17.2 Å². The Morgan fingerprint density at radius 1 is 1.11 bits per heavy atom. The summed E-state index contributed by atoms with van der Waals surface area (Å²) in [5.74, 6) is -0.538. The minimum Gasteiger partial charge on any atom is -0.497 e. The van der Waals surface area contributed by atoms with Crippen molar-refractivity contribution < 1.29 is 42.6 Å². The lowest BCUT2D eigenvalue weighted by Gasteiger charge is -2.35. The number of amides is 3. The molecule has 3 fully saturated rings. The van der Waals surface area contributed by atoms with Gasteiger partial charge in [-0.25, -0.2) is 9.78 Å². The van der Waals surface area contributed by atoms with Gasteiger partial charge in [-0.05, 0) is 56.6 Å². The maximum atomic E-state index is 14.7. The summed E-state index contributed by atoms with van der Waals surface area (Å²) in [4.78, 5) is 59.4. The smallest absolute Gasteiger partial charge is 0.408 e. The van der Waals surface area contributed by atoms with Gasteiger partial charge >= 0.3 is 13.7 Å². The third-order valence-electron chi connectivity index (χ3n) is 10.6. The van der Waals surface area contributed by atoms with Crippen LogP contribution in [0.3, 0.4) is 0 Å². The number of nitrogens with zero attached hydrogens (tertiary/aromatic N) is 2. The van der Waals surface area contributed by atoms with Gasteiger partial charge in [-0.15, -0.1) is 6.58 Å². The topological polar surface area (TPSA) is 166 Å². The first-order chi connectivity index (χ1) is 25.7. The van der Waals surface area contributed by atoms with E-state index < -0.39 is 60.3 Å². The van der Waals surface area contributed by atoms with Crippen LogP contribution in [0, 0.1) is 11.3 Å². The van der Waals surface area contributed by atoms with Gasteiger partial charge in [0.1, 0.15) is 41.1 Å². The van der Waals surface area contributed by atoms with Crippen LogP contribution >= 0.6 is 7.60 Å². The average Bonchev–Trinajstić information content (AvgIpc) is 3.41. The molecule has 2 aliphatic carbocycles. The summed E-state index contributed by atoms with van der Waals surface area (Å²) in [6.45, 7) is 10.8. The van der Waals surface area contributed by atoms with Crippen molar-refractivity contribution in [2.45, 2.75) is 95.8 Å². The SMILES string of the molecule is C=C[C@@H]1C[C@]1(NC(=O)C1C[C@@H](Oc2cc(-c3ccccc3)nc3cc(OC)ccc23)CN1C(=O)[C@@H](NC(=O)OC1CCCC1)C(C)(C)C)P(=O)(O)OCC. The Labute approximate surface area is 316 Å². The van der Waals surface area contributed by atoms with Crippen molar-refractivity contribution in [2.24, 2.45) is 11.3 Å². The molecule has 1 saturated heterocycles. The van der Waals surface area contributed by atoms with E-state index in [0.717, 1.165) is 31.2 Å². The molecule has 2 saturated carbocycles. The second kappa shape index (κ2) is 15.7. The van der Waals surface area contributed by atoms with E-state index in [9.17, 15) is 23.8 Å². The predicted octanol–water partition coefficient (Wildman–Crippen LogP) is 6.58. The maximum absolute atomic E-state index is 14.7. The molecule has 1 aliphatic heterocycles. The largest absolute Gasteiger partial charge is 0.497 e. The van der Waals surface area contributed by atoms with E-state index in [0.29, 0.717) is 28.1 Å². The molecule has 3 N–H and O–H groups in total. The number of fused-ring (bicyclic) bond motifs is 1. The van der Waals surface area contributed by atoms with E-state index in [-0.39, 0.29) is 32.1 Å². The molecule has 290 valence electrons. The summed E-state index contributed by atoms with van der Waals surface area (Å²) >= 11 is 0. The summed E-state index contributed by atoms with van der Waals surface area (Å²) in [6.07, 6.45) is 3.60. The summed E-state index contributed by atoms with van der Waals surface area (Å²) < 4.78 is 36.6. The van der Waals surface area contributed by atoms with E-state index >= 15 is 0 Å². The molecule has 6 rings (SSSR count). The van der Waals surface area contributed by atoms with Crippen LogP contribution in [0.2, 0.25) is 0 Å². The number of rotatable bonds is 13. The number of ether oxygens (including phenoxy) is 3. The monoisotopic (exact) mass is 762 g/mol. The molecule has 3 amide bonds. The Morgan fingerprint density at radius 3 is 2.46 bits per heavy atom. The van der Waals surface area contributed by atoms with Crippen molar-refractivity contribution in [3.63, 3.8) is 0 Å². The van der Waals surface area contributed by atoms with E-state index in [4.69, 9.17) is 23.7 Å². The fourth-order valence-corrected chi connectivity index (χ4v) is 9.30. The number of methoxy groups -OCH3 is 1. The van der Waals surface area contributed by atoms with Gasteiger partial charge in [-0.2, -0.15) is 0 Å². The third kappa shape index (κ3) is 8.13. The lowest BCUT2D eigenvalue weighted by Crippen LogP contribution is -2.58. The molecule has 3 aliphatic rings. The van der Waals surface area contributed by atoms with Crippen molar-refractivity contribution in [1.29, 1.82) is 0 Å². The van der Waals surface area contributed by atoms with Gasteiger partial charge in [0.05, 0.1) is 31.5 Å². The molecule has 14 heteroatoms. The van der Waals surface area contributed by atoms with Gasteiger partial charge in [0.15, 0.2) is 0 Å². The maximum Gasteiger partial charge on any atom is 0.408 e. The van der Waals surface area contributed by atoms with Crippen LogP contribution in [0.4, 0.5) is 4.79 Å². The van der Waals surface area contributed by atoms with Crippen molar-refractivity contribution in [3.05, 3.63) is 67.3 Å². The van der Waals surface area contributed by atoms with Crippen molar-refractivity contribution >= 4 is 36.4 Å². The summed E-state index contributed by atoms with van der Waals surface area (Å²) in [6, 6.07) is 14.8. The molecule has 13 nitrogen and oxygen atoms in total. The molecule has 2 heterocycles. The Morgan fingerprint density at radius 2 is 1.83 bits per heavy atom. The van der Waals surface area contributed by atoms with Crippen LogP contribution < -0.4 is 20.1 Å². The van der Waals surface area contributed by atoms with Gasteiger partial charge in [-0.1, -0.05) is 57.2 Å². The Hall–Kier alpha value is -4.45. The zero-order valence-electron chi connectivity index (χ0n) is 31.6. The Kier molecular flexibility index (Phi) is 11.4. The normalized spacial score (nSPS) is 24.3. The van der Waals surface area contributed by atoms with Crippen LogP contribution in [0.25, 0.3) is 22.2 Å². The summed E-state index contributed by atoms with van der Waals surface area (Å²) in [5.41, 5.74) is 1.37. The first kappa shape index (κ1) is 39.2. The number of nitrogens with one attached hydrogen (secondary N) is 2. The fourth-order valence-electron chi connectivity index (χ4n) is 7.52. The number of likely N-dealkylation sites (tertiary alicyclic amines) is 1. The van der Waals surface area contributed by atoms with Crippen LogP contribution in [-0.4, -0.2) is 82.5 Å². The van der Waals surface area contributed by atoms with Crippen molar-refractivity contribution in [2.75, 3.05) is 20.3 Å². The number of benzene rings is 2. The molecule has 0 bridgehead atoms. The zero-order chi connectivity index (χ0) is 38.8. The molecule has 0 spiro atoms. The highest BCUT2D eigenvalue weighted by Crippen LogP contribution is 2.70. The van der Waals surface area contributed by atoms with Gasteiger partial charge in [0, 0.05) is 35.4 Å². The predicted molar refractivity (Wildman–Crippen MR) is 204 cm³/mol. The Balaban J connectivity index is 1.34. The van der Waals surface area contributed by atoms with Crippen molar-refractivity contribution in [3.8, 4) is 22.8 Å². The van der Waals surface area contributed by atoms with E-state index in [1.165, 1.54) is 11.0 Å². The number of hydrogen-bond donors (Lipinski definition) is 3. The van der Waals surface area contributed by atoms with E-state index in [1.54, 1.807) is 20.1 Å². The van der Waals surface area contributed by atoms with Crippen LogP contribution in [0.15, 0.2) is 67.3 Å². The number of carbonyl (C=O) groups excluding carboxylic acids is 3. The number of hydrogen-bond acceptors (Lipinski definition) is 9. The highest BCUT2D eigenvalue weighted by Gasteiger charge is 2.67. The lowest BCUT2D eigenvalue weighted by atomic mass is 9.85. The molecule has 2 unspecified atom stereocenters. The first-order valence-electron chi connectivity index (χ1n) is 18.6. The minimum absolute atomic E-state index is 0.0103. The molecule has 6 atom stereocenters. The highest BCUT2D eigenvalue weighted by atomic mass is 31.2. The molecule has 1 aromatic heterocycles. The molecular weight excluding hydrogens is 711 g/mol. The van der Waals surface area contributed by atoms with Gasteiger partial charge < -0.3 is 39.2 Å². The number of alkyl carbamates (subject to hydrolysis) is 1. The summed E-state index contributed by atoms with van der Waals surface area (Å²) in [7, 11) is -2.76. The fraction of sp³-hybridized carbons (Fsp3) is 0.500. The average molecular weight is 763 g/mol. The molecule has 54 heavy (non-hydrogen) atoms. The number of pyridine rings is 1. The van der Waals surface area contributed by atoms with Gasteiger partial charge in [0.2, 0.25) is 11.8 Å². The van der Waals surface area contributed by atoms with Crippen LogP contribution in [-0.2, 0) is 23.4 Å². The molecular formula is C40H51N4O9P. The molecule has 2 aromatic carbocycles. The van der Waals surface area contributed by atoms with Gasteiger partial charge in [-0.3, -0.25) is 14.2 Å². The Bertz CT molecular complexity index is 1930. The van der Waals surface area contributed by atoms with Crippen LogP contribution in [0.5, 0.6) is 11.5 Å². The van der Waals surface area contributed by atoms with Gasteiger partial charge in [0.25, 0.3) is 0 Å². The molecule has 0 radical (unpaired) electrons. The van der Waals surface area contributed by atoms with Crippen molar-refractivity contribution in [1.82, 2.24) is 20.5 Å². The minimum atomic E-state index is -4.34. The number of aromatic nitrogens is 1. The summed E-state index contributed by atoms with van der Waals surface area (Å²) in [5, 5.41) is 4.74. The highest BCUT2D eigenvalue weighted by molar-refractivity contribution is 7.55. The lowest BCUT2D eigenvalue weighted by molar-refractivity contribution is -0.142. The second-order valence-electron chi connectivity index (χ2n) is 15.4. The molecule has 3 aromatic rings. The van der Waals surface area contributed by atoms with E-state index in [1.807, 2.05) is 69.3 Å². The van der Waals surface area contributed by atoms with Crippen LogP contribution in [0.1, 0.15) is 66.2 Å². The zero-order valence-corrected chi connectivity index (χ0v) is 32.5. The first-order valence-corrected chi connectivity index (χ1v) is 20.2. The number of carbonyl (C=O) groups is 3. The quantitative estimate of drug-likeness (QED) is 0.128.